The molecule has 24 heavy (non-hydrogen) atoms. The minimum atomic E-state index is -0.464. The molecule has 0 aliphatic heterocycles. The first-order valence-corrected chi connectivity index (χ1v) is 8.84. The largest absolute Gasteiger partial charge is 0.497 e. The Morgan fingerprint density at radius 3 is 2.92 bits per heavy atom. The molecule has 3 aromatic rings. The summed E-state index contributed by atoms with van der Waals surface area (Å²) >= 11 is 2.75. The smallest absolute Gasteiger partial charge is 0.357 e. The van der Waals surface area contributed by atoms with E-state index in [2.05, 4.69) is 14.7 Å². The van der Waals surface area contributed by atoms with Gasteiger partial charge in [0.15, 0.2) is 10.0 Å². The number of aromatic amines is 1. The molecule has 0 saturated carbocycles. The lowest BCUT2D eigenvalue weighted by Crippen LogP contribution is -2.11. The van der Waals surface area contributed by atoms with Gasteiger partial charge in [-0.05, 0) is 24.3 Å². The number of H-pyrrole nitrogens is 1. The van der Waals surface area contributed by atoms with E-state index in [4.69, 9.17) is 4.74 Å². The molecule has 0 unspecified atom stereocenters. The van der Waals surface area contributed by atoms with Gasteiger partial charge in [0.25, 0.3) is 5.56 Å². The number of carbonyl (C=O) groups is 1. The fraction of sp³-hybridized carbons (Fsp3) is 0.188. The van der Waals surface area contributed by atoms with Crippen LogP contribution in [-0.2, 0) is 10.5 Å². The maximum atomic E-state index is 12.2. The summed E-state index contributed by atoms with van der Waals surface area (Å²) in [6.07, 6.45) is 0. The number of benzene rings is 1. The number of hydrogen-bond acceptors (Lipinski definition) is 7. The average Bonchev–Trinajstić information content (AvgIpc) is 3.07. The van der Waals surface area contributed by atoms with E-state index in [1.165, 1.54) is 30.2 Å². The van der Waals surface area contributed by atoms with Gasteiger partial charge in [-0.15, -0.1) is 11.3 Å². The highest BCUT2D eigenvalue weighted by Gasteiger charge is 2.12. The van der Waals surface area contributed by atoms with Crippen LogP contribution in [0.3, 0.4) is 0 Å². The minimum absolute atomic E-state index is 0.134. The zero-order valence-corrected chi connectivity index (χ0v) is 14.6. The molecule has 3 rings (SSSR count). The minimum Gasteiger partial charge on any atom is -0.497 e. The fourth-order valence-corrected chi connectivity index (χ4v) is 3.89. The summed E-state index contributed by atoms with van der Waals surface area (Å²) in [5.74, 6) is 0.723. The highest BCUT2D eigenvalue weighted by molar-refractivity contribution is 8.00. The van der Waals surface area contributed by atoms with Crippen LogP contribution < -0.4 is 10.3 Å². The van der Waals surface area contributed by atoms with Crippen molar-refractivity contribution >= 4 is 40.0 Å². The third-order valence-corrected chi connectivity index (χ3v) is 5.43. The quantitative estimate of drug-likeness (QED) is 0.555. The number of carbonyl (C=O) groups excluding carboxylic acids is 1. The monoisotopic (exact) mass is 362 g/mol. The SMILES string of the molecule is COC(=O)c1csc(SCc2cc3cc(OC)ccc3[nH]c2=O)n1. The highest BCUT2D eigenvalue weighted by Crippen LogP contribution is 2.27. The second kappa shape index (κ2) is 7.06. The molecule has 2 heterocycles. The molecule has 1 aromatic carbocycles. The summed E-state index contributed by atoms with van der Waals surface area (Å²) in [7, 11) is 2.92. The molecule has 0 bridgehead atoms. The molecule has 0 amide bonds. The Labute approximate surface area is 145 Å². The van der Waals surface area contributed by atoms with Crippen LogP contribution in [0.15, 0.2) is 38.8 Å². The third kappa shape index (κ3) is 3.44. The fourth-order valence-electron chi connectivity index (χ4n) is 2.13. The number of thiazole rings is 1. The lowest BCUT2D eigenvalue weighted by molar-refractivity contribution is 0.0594. The first kappa shape index (κ1) is 16.5. The lowest BCUT2D eigenvalue weighted by atomic mass is 10.1. The first-order chi connectivity index (χ1) is 11.6. The van der Waals surface area contributed by atoms with E-state index in [0.717, 1.165) is 16.7 Å². The van der Waals surface area contributed by atoms with Crippen LogP contribution in [0.25, 0.3) is 10.9 Å². The van der Waals surface area contributed by atoms with Gasteiger partial charge < -0.3 is 14.5 Å². The van der Waals surface area contributed by atoms with E-state index >= 15 is 0 Å². The highest BCUT2D eigenvalue weighted by atomic mass is 32.2. The summed E-state index contributed by atoms with van der Waals surface area (Å²) in [6, 6.07) is 7.34. The van der Waals surface area contributed by atoms with Crippen molar-refractivity contribution in [2.75, 3.05) is 14.2 Å². The Morgan fingerprint density at radius 2 is 2.17 bits per heavy atom. The molecular formula is C16H14N2O4S2. The molecule has 0 fully saturated rings. The number of hydrogen-bond donors (Lipinski definition) is 1. The van der Waals surface area contributed by atoms with Gasteiger partial charge in [0.2, 0.25) is 0 Å². The van der Waals surface area contributed by atoms with Crippen molar-refractivity contribution in [2.45, 2.75) is 10.1 Å². The molecule has 0 radical (unpaired) electrons. The molecule has 0 aliphatic carbocycles. The lowest BCUT2D eigenvalue weighted by Gasteiger charge is -2.05. The van der Waals surface area contributed by atoms with Crippen LogP contribution in [0.4, 0.5) is 0 Å². The predicted molar refractivity (Wildman–Crippen MR) is 94.1 cm³/mol. The number of ether oxygens (including phenoxy) is 2. The van der Waals surface area contributed by atoms with Gasteiger partial charge in [0, 0.05) is 27.6 Å². The predicted octanol–water partition coefficient (Wildman–Crippen LogP) is 3.07. The Bertz CT molecular complexity index is 949. The van der Waals surface area contributed by atoms with Gasteiger partial charge in [0.1, 0.15) is 5.75 Å². The van der Waals surface area contributed by atoms with E-state index in [-0.39, 0.29) is 11.3 Å². The normalized spacial score (nSPS) is 10.8. The van der Waals surface area contributed by atoms with E-state index in [1.54, 1.807) is 18.6 Å². The Balaban J connectivity index is 1.81. The second-order valence-electron chi connectivity index (χ2n) is 4.86. The Hall–Kier alpha value is -2.32. The number of fused-ring (bicyclic) bond motifs is 1. The molecular weight excluding hydrogens is 348 g/mol. The number of rotatable bonds is 5. The van der Waals surface area contributed by atoms with Gasteiger partial charge in [0.05, 0.1) is 14.2 Å². The summed E-state index contributed by atoms with van der Waals surface area (Å²) in [5.41, 5.74) is 1.54. The maximum absolute atomic E-state index is 12.2. The van der Waals surface area contributed by atoms with Crippen molar-refractivity contribution in [1.82, 2.24) is 9.97 Å². The molecule has 1 N–H and O–H groups in total. The summed E-state index contributed by atoms with van der Waals surface area (Å²) < 4.78 is 10.5. The molecule has 0 atom stereocenters. The first-order valence-electron chi connectivity index (χ1n) is 6.97. The average molecular weight is 362 g/mol. The molecule has 0 spiro atoms. The van der Waals surface area contributed by atoms with Crippen molar-refractivity contribution in [3.8, 4) is 5.75 Å². The number of methoxy groups -OCH3 is 2. The van der Waals surface area contributed by atoms with Crippen molar-refractivity contribution < 1.29 is 14.3 Å². The van der Waals surface area contributed by atoms with E-state index < -0.39 is 5.97 Å². The number of esters is 1. The number of thioether (sulfide) groups is 1. The molecule has 2 aromatic heterocycles. The van der Waals surface area contributed by atoms with E-state index in [0.29, 0.717) is 15.7 Å². The topological polar surface area (TPSA) is 81.3 Å². The van der Waals surface area contributed by atoms with Crippen molar-refractivity contribution in [3.05, 3.63) is 51.3 Å². The van der Waals surface area contributed by atoms with Crippen LogP contribution in [0.5, 0.6) is 5.75 Å². The van der Waals surface area contributed by atoms with Crippen LogP contribution in [0.2, 0.25) is 0 Å². The van der Waals surface area contributed by atoms with Crippen molar-refractivity contribution in [1.29, 1.82) is 0 Å². The summed E-state index contributed by atoms with van der Waals surface area (Å²) in [4.78, 5) is 30.6. The zero-order valence-electron chi connectivity index (χ0n) is 13.0. The number of pyridine rings is 1. The van der Waals surface area contributed by atoms with Crippen LogP contribution in [-0.4, -0.2) is 30.2 Å². The maximum Gasteiger partial charge on any atom is 0.357 e. The Kier molecular flexibility index (Phi) is 4.86. The van der Waals surface area contributed by atoms with E-state index in [1.807, 2.05) is 18.2 Å². The summed E-state index contributed by atoms with van der Waals surface area (Å²) in [5, 5.41) is 2.54. The zero-order chi connectivity index (χ0) is 17.1. The number of aromatic nitrogens is 2. The van der Waals surface area contributed by atoms with Crippen LogP contribution >= 0.6 is 23.1 Å². The van der Waals surface area contributed by atoms with Crippen molar-refractivity contribution in [2.24, 2.45) is 0 Å². The molecule has 6 nitrogen and oxygen atoms in total. The molecule has 0 aliphatic rings. The standard InChI is InChI=1S/C16H14N2O4S2/c1-21-11-3-4-12-9(6-11)5-10(14(19)17-12)7-23-16-18-13(8-24-16)15(20)22-2/h3-6,8H,7H2,1-2H3,(H,17,19). The van der Waals surface area contributed by atoms with Gasteiger partial charge >= 0.3 is 5.97 Å². The van der Waals surface area contributed by atoms with Gasteiger partial charge in [-0.1, -0.05) is 11.8 Å². The second-order valence-corrected chi connectivity index (χ2v) is 6.94. The van der Waals surface area contributed by atoms with Gasteiger partial charge in [-0.25, -0.2) is 9.78 Å². The van der Waals surface area contributed by atoms with Crippen molar-refractivity contribution in [3.63, 3.8) is 0 Å². The molecule has 0 saturated heterocycles. The Morgan fingerprint density at radius 1 is 1.33 bits per heavy atom. The van der Waals surface area contributed by atoms with Crippen LogP contribution in [0.1, 0.15) is 16.1 Å². The van der Waals surface area contributed by atoms with Gasteiger partial charge in [-0.3, -0.25) is 4.79 Å². The van der Waals surface area contributed by atoms with Crippen LogP contribution in [0, 0.1) is 0 Å². The third-order valence-electron chi connectivity index (χ3n) is 3.36. The molecule has 124 valence electrons. The number of nitrogens with zero attached hydrogens (tertiary/aromatic N) is 1. The summed E-state index contributed by atoms with van der Waals surface area (Å²) in [6.45, 7) is 0. The van der Waals surface area contributed by atoms with E-state index in [9.17, 15) is 9.59 Å². The number of nitrogens with one attached hydrogen (secondary N) is 1. The molecule has 8 heteroatoms. The van der Waals surface area contributed by atoms with Gasteiger partial charge in [-0.2, -0.15) is 0 Å².